The number of hydrogen-bond acceptors (Lipinski definition) is 0. The summed E-state index contributed by atoms with van der Waals surface area (Å²) in [6, 6.07) is 15.2. The van der Waals surface area contributed by atoms with Crippen LogP contribution < -0.4 is 0 Å². The lowest BCUT2D eigenvalue weighted by Crippen LogP contribution is -1.99. The molecule has 2 aromatic carbocycles. The first-order valence-electron chi connectivity index (χ1n) is 6.34. The molecule has 2 aromatic rings. The molecule has 0 saturated heterocycles. The van der Waals surface area contributed by atoms with Gasteiger partial charge in [-0.1, -0.05) is 78.7 Å². The third-order valence-electron chi connectivity index (χ3n) is 3.47. The maximum Gasteiger partial charge on any atom is 0.0404 e. The van der Waals surface area contributed by atoms with Crippen LogP contribution in [0.2, 0.25) is 0 Å². The van der Waals surface area contributed by atoms with E-state index in [9.17, 15) is 0 Å². The molecule has 2 rings (SSSR count). The maximum atomic E-state index is 3.85. The summed E-state index contributed by atoms with van der Waals surface area (Å²) in [7, 11) is 0. The van der Waals surface area contributed by atoms with Gasteiger partial charge in [0.05, 0.1) is 0 Å². The van der Waals surface area contributed by atoms with Gasteiger partial charge in [-0.25, -0.2) is 0 Å². The Balaban J connectivity index is 2.34. The van der Waals surface area contributed by atoms with Gasteiger partial charge in [-0.05, 0) is 28.7 Å². The zero-order valence-electron chi connectivity index (χ0n) is 10.5. The highest BCUT2D eigenvalue weighted by atomic mass is 79.9. The summed E-state index contributed by atoms with van der Waals surface area (Å²) >= 11 is 3.85. The fourth-order valence-corrected chi connectivity index (χ4v) is 3.21. The summed E-state index contributed by atoms with van der Waals surface area (Å²) in [5.74, 6) is 0.762. The maximum absolute atomic E-state index is 3.85. The molecular formula is C16H19Br. The Hall–Kier alpha value is -0.820. The summed E-state index contributed by atoms with van der Waals surface area (Å²) in [5.41, 5.74) is 1.42. The van der Waals surface area contributed by atoms with Crippen LogP contribution in [0, 0.1) is 5.92 Å². The van der Waals surface area contributed by atoms with Gasteiger partial charge < -0.3 is 0 Å². The van der Waals surface area contributed by atoms with Gasteiger partial charge in [-0.2, -0.15) is 0 Å². The van der Waals surface area contributed by atoms with E-state index in [2.05, 4.69) is 72.2 Å². The second-order valence-corrected chi connectivity index (χ2v) is 5.89. The van der Waals surface area contributed by atoms with E-state index in [0.717, 1.165) is 5.92 Å². The number of alkyl halides is 1. The van der Waals surface area contributed by atoms with Crippen LogP contribution in [0.15, 0.2) is 42.5 Å². The molecule has 2 atom stereocenters. The van der Waals surface area contributed by atoms with Crippen LogP contribution in [0.3, 0.4) is 0 Å². The fraction of sp³-hybridized carbons (Fsp3) is 0.375. The molecule has 2 unspecified atom stereocenters. The predicted octanol–water partition coefficient (Wildman–Crippen LogP) is 5.71. The summed E-state index contributed by atoms with van der Waals surface area (Å²) < 4.78 is 0. The van der Waals surface area contributed by atoms with Crippen molar-refractivity contribution in [1.29, 1.82) is 0 Å². The topological polar surface area (TPSA) is 0 Å². The lowest BCUT2D eigenvalue weighted by Gasteiger charge is -2.16. The van der Waals surface area contributed by atoms with Gasteiger partial charge in [0.15, 0.2) is 0 Å². The molecule has 17 heavy (non-hydrogen) atoms. The molecule has 0 aromatic heterocycles. The van der Waals surface area contributed by atoms with E-state index in [-0.39, 0.29) is 0 Å². The highest BCUT2D eigenvalue weighted by molar-refractivity contribution is 9.09. The minimum atomic E-state index is 0.462. The van der Waals surface area contributed by atoms with E-state index in [1.165, 1.54) is 29.2 Å². The van der Waals surface area contributed by atoms with Gasteiger partial charge >= 0.3 is 0 Å². The number of hydrogen-bond donors (Lipinski definition) is 0. The van der Waals surface area contributed by atoms with Crippen LogP contribution in [0.5, 0.6) is 0 Å². The van der Waals surface area contributed by atoms with Crippen molar-refractivity contribution in [3.05, 3.63) is 48.0 Å². The van der Waals surface area contributed by atoms with Gasteiger partial charge in [-0.3, -0.25) is 0 Å². The first kappa shape index (κ1) is 12.6. The van der Waals surface area contributed by atoms with Gasteiger partial charge in [0.25, 0.3) is 0 Å². The number of fused-ring (bicyclic) bond motifs is 1. The van der Waals surface area contributed by atoms with E-state index < -0.39 is 0 Å². The Morgan fingerprint density at radius 1 is 1.06 bits per heavy atom. The first-order chi connectivity index (χ1) is 8.22. The zero-order chi connectivity index (χ0) is 12.3. The molecule has 0 radical (unpaired) electrons. The average Bonchev–Trinajstić information content (AvgIpc) is 2.37. The minimum absolute atomic E-state index is 0.462. The monoisotopic (exact) mass is 290 g/mol. The molecule has 0 nitrogen and oxygen atoms in total. The molecule has 0 saturated carbocycles. The van der Waals surface area contributed by atoms with Gasteiger partial charge in [-0.15, -0.1) is 0 Å². The lowest BCUT2D eigenvalue weighted by atomic mass is 9.95. The largest absolute Gasteiger partial charge is 0.0838 e. The molecule has 0 heterocycles. The van der Waals surface area contributed by atoms with Crippen molar-refractivity contribution in [2.75, 3.05) is 0 Å². The fourth-order valence-electron chi connectivity index (χ4n) is 2.17. The standard InChI is InChI=1S/C16H19Br/c1-3-12(2)11-16(17)15-10-6-8-13-7-4-5-9-14(13)15/h4-10,12,16H,3,11H2,1-2H3. The Labute approximate surface area is 112 Å². The average molecular weight is 291 g/mol. The Kier molecular flexibility index (Phi) is 4.22. The molecule has 0 aliphatic rings. The van der Waals surface area contributed by atoms with Gasteiger partial charge in [0.1, 0.15) is 0 Å². The lowest BCUT2D eigenvalue weighted by molar-refractivity contribution is 0.515. The highest BCUT2D eigenvalue weighted by Gasteiger charge is 2.13. The normalized spacial score (nSPS) is 14.8. The van der Waals surface area contributed by atoms with Crippen molar-refractivity contribution in [3.63, 3.8) is 0 Å². The van der Waals surface area contributed by atoms with Crippen molar-refractivity contribution in [2.24, 2.45) is 5.92 Å². The third-order valence-corrected chi connectivity index (χ3v) is 4.33. The predicted molar refractivity (Wildman–Crippen MR) is 79.7 cm³/mol. The van der Waals surface area contributed by atoms with Gasteiger partial charge in [0.2, 0.25) is 0 Å². The molecule has 0 aliphatic heterocycles. The highest BCUT2D eigenvalue weighted by Crippen LogP contribution is 2.35. The van der Waals surface area contributed by atoms with Crippen LogP contribution in [0.4, 0.5) is 0 Å². The molecule has 0 spiro atoms. The molecule has 90 valence electrons. The molecule has 1 heteroatoms. The number of rotatable bonds is 4. The van der Waals surface area contributed by atoms with E-state index in [1.54, 1.807) is 0 Å². The van der Waals surface area contributed by atoms with Crippen molar-refractivity contribution in [1.82, 2.24) is 0 Å². The van der Waals surface area contributed by atoms with Gasteiger partial charge in [0, 0.05) is 4.83 Å². The summed E-state index contributed by atoms with van der Waals surface area (Å²) in [6.45, 7) is 4.58. The third kappa shape index (κ3) is 2.90. The van der Waals surface area contributed by atoms with Crippen LogP contribution in [-0.4, -0.2) is 0 Å². The Morgan fingerprint density at radius 2 is 1.76 bits per heavy atom. The molecule has 0 aliphatic carbocycles. The summed E-state index contributed by atoms with van der Waals surface area (Å²) in [5, 5.41) is 2.71. The van der Waals surface area contributed by atoms with E-state index in [1.807, 2.05) is 0 Å². The minimum Gasteiger partial charge on any atom is -0.0838 e. The Bertz CT molecular complexity index is 484. The van der Waals surface area contributed by atoms with Crippen LogP contribution in [0.25, 0.3) is 10.8 Å². The second-order valence-electron chi connectivity index (χ2n) is 4.79. The quantitative estimate of drug-likeness (QED) is 0.633. The second kappa shape index (κ2) is 5.68. The van der Waals surface area contributed by atoms with Crippen molar-refractivity contribution in [3.8, 4) is 0 Å². The summed E-state index contributed by atoms with van der Waals surface area (Å²) in [6.07, 6.45) is 2.44. The Morgan fingerprint density at radius 3 is 2.53 bits per heavy atom. The summed E-state index contributed by atoms with van der Waals surface area (Å²) in [4.78, 5) is 0.462. The SMILES string of the molecule is CCC(C)CC(Br)c1cccc2ccccc12. The first-order valence-corrected chi connectivity index (χ1v) is 7.25. The van der Waals surface area contributed by atoms with Crippen molar-refractivity contribution in [2.45, 2.75) is 31.5 Å². The van der Waals surface area contributed by atoms with Crippen molar-refractivity contribution >= 4 is 26.7 Å². The zero-order valence-corrected chi connectivity index (χ0v) is 12.1. The van der Waals surface area contributed by atoms with E-state index in [0.29, 0.717) is 4.83 Å². The van der Waals surface area contributed by atoms with Crippen molar-refractivity contribution < 1.29 is 0 Å². The molecule has 0 bridgehead atoms. The molecule has 0 fully saturated rings. The number of benzene rings is 2. The molecular weight excluding hydrogens is 272 g/mol. The van der Waals surface area contributed by atoms with E-state index >= 15 is 0 Å². The van der Waals surface area contributed by atoms with Crippen LogP contribution in [0.1, 0.15) is 37.1 Å². The van der Waals surface area contributed by atoms with Crippen LogP contribution >= 0.6 is 15.9 Å². The molecule has 0 N–H and O–H groups in total. The molecule has 0 amide bonds. The van der Waals surface area contributed by atoms with E-state index in [4.69, 9.17) is 0 Å². The number of halogens is 1. The van der Waals surface area contributed by atoms with Crippen LogP contribution in [-0.2, 0) is 0 Å². The smallest absolute Gasteiger partial charge is 0.0404 e.